The van der Waals surface area contributed by atoms with Gasteiger partial charge in [0, 0.05) is 0 Å². The smallest absolute Gasteiger partial charge is 0.331 e. The molecular formula is C16H24FNO2. The maximum absolute atomic E-state index is 12.8. The van der Waals surface area contributed by atoms with Crippen LogP contribution in [-0.2, 0) is 4.79 Å². The zero-order valence-corrected chi connectivity index (χ0v) is 12.7. The van der Waals surface area contributed by atoms with Crippen LogP contribution in [0.25, 0.3) is 0 Å². The van der Waals surface area contributed by atoms with E-state index in [0.717, 1.165) is 13.0 Å². The summed E-state index contributed by atoms with van der Waals surface area (Å²) < 4.78 is 18.2. The van der Waals surface area contributed by atoms with E-state index in [4.69, 9.17) is 4.74 Å². The van der Waals surface area contributed by atoms with Crippen molar-refractivity contribution in [2.45, 2.75) is 46.1 Å². The van der Waals surface area contributed by atoms with Gasteiger partial charge in [-0.1, -0.05) is 20.8 Å². The number of esters is 1. The summed E-state index contributed by atoms with van der Waals surface area (Å²) in [5, 5.41) is 3.26. The number of benzene rings is 1. The SMILES string of the molecule is CCCNC(C)(CC(C)C)C(=O)Oc1ccc(F)cc1. The molecule has 0 fully saturated rings. The molecule has 1 rings (SSSR count). The molecule has 1 N–H and O–H groups in total. The molecule has 1 aromatic carbocycles. The van der Waals surface area contributed by atoms with E-state index in [9.17, 15) is 9.18 Å². The molecule has 4 heteroatoms. The maximum atomic E-state index is 12.8. The van der Waals surface area contributed by atoms with Crippen LogP contribution in [0.15, 0.2) is 24.3 Å². The lowest BCUT2D eigenvalue weighted by atomic mass is 9.90. The summed E-state index contributed by atoms with van der Waals surface area (Å²) in [6.07, 6.45) is 1.63. The molecule has 0 saturated heterocycles. The van der Waals surface area contributed by atoms with Crippen molar-refractivity contribution in [1.29, 1.82) is 0 Å². The Morgan fingerprint density at radius 3 is 2.45 bits per heavy atom. The number of carbonyl (C=O) groups is 1. The highest BCUT2D eigenvalue weighted by Gasteiger charge is 2.35. The first-order valence-electron chi connectivity index (χ1n) is 7.10. The quantitative estimate of drug-likeness (QED) is 0.613. The van der Waals surface area contributed by atoms with E-state index in [1.165, 1.54) is 24.3 Å². The molecule has 0 heterocycles. The lowest BCUT2D eigenvalue weighted by Gasteiger charge is -2.30. The summed E-state index contributed by atoms with van der Waals surface area (Å²) in [5.41, 5.74) is -0.724. The fourth-order valence-electron chi connectivity index (χ4n) is 2.17. The van der Waals surface area contributed by atoms with Gasteiger partial charge in [0.1, 0.15) is 17.1 Å². The minimum atomic E-state index is -0.724. The largest absolute Gasteiger partial charge is 0.425 e. The first-order chi connectivity index (χ1) is 9.37. The lowest BCUT2D eigenvalue weighted by molar-refractivity contribution is -0.142. The summed E-state index contributed by atoms with van der Waals surface area (Å²) in [6.45, 7) is 8.79. The average molecular weight is 281 g/mol. The first kappa shape index (κ1) is 16.6. The van der Waals surface area contributed by atoms with Gasteiger partial charge in [-0.05, 0) is 56.5 Å². The molecule has 112 valence electrons. The Kier molecular flexibility index (Phi) is 6.14. The zero-order chi connectivity index (χ0) is 15.2. The molecule has 1 atom stereocenters. The molecule has 0 amide bonds. The van der Waals surface area contributed by atoms with Crippen molar-refractivity contribution in [3.63, 3.8) is 0 Å². The van der Waals surface area contributed by atoms with Gasteiger partial charge in [-0.3, -0.25) is 0 Å². The number of halogens is 1. The van der Waals surface area contributed by atoms with Crippen LogP contribution in [0.4, 0.5) is 4.39 Å². The van der Waals surface area contributed by atoms with Gasteiger partial charge in [0.15, 0.2) is 0 Å². The van der Waals surface area contributed by atoms with E-state index < -0.39 is 5.54 Å². The highest BCUT2D eigenvalue weighted by Crippen LogP contribution is 2.21. The van der Waals surface area contributed by atoms with Crippen LogP contribution in [0.5, 0.6) is 5.75 Å². The Hall–Kier alpha value is -1.42. The minimum Gasteiger partial charge on any atom is -0.425 e. The molecular weight excluding hydrogens is 257 g/mol. The molecule has 20 heavy (non-hydrogen) atoms. The molecule has 0 aliphatic carbocycles. The monoisotopic (exact) mass is 281 g/mol. The van der Waals surface area contributed by atoms with Gasteiger partial charge in [-0.25, -0.2) is 9.18 Å². The van der Waals surface area contributed by atoms with Crippen molar-refractivity contribution in [1.82, 2.24) is 5.32 Å². The van der Waals surface area contributed by atoms with Crippen LogP contribution in [-0.4, -0.2) is 18.1 Å². The van der Waals surface area contributed by atoms with Gasteiger partial charge in [0.2, 0.25) is 0 Å². The predicted molar refractivity (Wildman–Crippen MR) is 78.2 cm³/mol. The second-order valence-corrected chi connectivity index (χ2v) is 5.70. The number of hydrogen-bond donors (Lipinski definition) is 1. The maximum Gasteiger partial charge on any atom is 0.331 e. The summed E-state index contributed by atoms with van der Waals surface area (Å²) in [7, 11) is 0. The van der Waals surface area contributed by atoms with E-state index in [1.54, 1.807) is 0 Å². The summed E-state index contributed by atoms with van der Waals surface area (Å²) in [5.74, 6) is 0.0555. The zero-order valence-electron chi connectivity index (χ0n) is 12.7. The van der Waals surface area contributed by atoms with Crippen molar-refractivity contribution >= 4 is 5.97 Å². The second kappa shape index (κ2) is 7.39. The van der Waals surface area contributed by atoms with Gasteiger partial charge >= 0.3 is 5.97 Å². The molecule has 0 aromatic heterocycles. The summed E-state index contributed by atoms with van der Waals surface area (Å²) in [4.78, 5) is 12.4. The topological polar surface area (TPSA) is 38.3 Å². The number of hydrogen-bond acceptors (Lipinski definition) is 3. The molecule has 0 aliphatic heterocycles. The standard InChI is InChI=1S/C16H24FNO2/c1-5-10-18-16(4,11-12(2)3)15(19)20-14-8-6-13(17)7-9-14/h6-9,12,18H,5,10-11H2,1-4H3. The number of carbonyl (C=O) groups excluding carboxylic acids is 1. The Bertz CT molecular complexity index is 431. The summed E-state index contributed by atoms with van der Waals surface area (Å²) in [6, 6.07) is 5.48. The Morgan fingerprint density at radius 2 is 1.95 bits per heavy atom. The normalized spacial score (nSPS) is 14.1. The van der Waals surface area contributed by atoms with Crippen LogP contribution >= 0.6 is 0 Å². The third-order valence-electron chi connectivity index (χ3n) is 3.06. The second-order valence-electron chi connectivity index (χ2n) is 5.70. The molecule has 0 bridgehead atoms. The molecule has 3 nitrogen and oxygen atoms in total. The first-order valence-corrected chi connectivity index (χ1v) is 7.10. The van der Waals surface area contributed by atoms with E-state index in [0.29, 0.717) is 18.1 Å². The van der Waals surface area contributed by atoms with Gasteiger partial charge in [0.25, 0.3) is 0 Å². The van der Waals surface area contributed by atoms with Gasteiger partial charge in [-0.15, -0.1) is 0 Å². The number of nitrogens with one attached hydrogen (secondary N) is 1. The van der Waals surface area contributed by atoms with E-state index in [2.05, 4.69) is 19.2 Å². The van der Waals surface area contributed by atoms with Crippen LogP contribution in [0.1, 0.15) is 40.5 Å². The van der Waals surface area contributed by atoms with Crippen molar-refractivity contribution in [2.75, 3.05) is 6.54 Å². The van der Waals surface area contributed by atoms with Gasteiger partial charge in [-0.2, -0.15) is 0 Å². The molecule has 0 radical (unpaired) electrons. The fourth-order valence-corrected chi connectivity index (χ4v) is 2.17. The number of ether oxygens (including phenoxy) is 1. The van der Waals surface area contributed by atoms with Crippen LogP contribution in [0.3, 0.4) is 0 Å². The molecule has 0 saturated carbocycles. The highest BCUT2D eigenvalue weighted by molar-refractivity contribution is 5.82. The van der Waals surface area contributed by atoms with E-state index >= 15 is 0 Å². The van der Waals surface area contributed by atoms with E-state index in [-0.39, 0.29) is 11.8 Å². The van der Waals surface area contributed by atoms with Crippen LogP contribution < -0.4 is 10.1 Å². The van der Waals surface area contributed by atoms with Gasteiger partial charge < -0.3 is 10.1 Å². The Labute approximate surface area is 120 Å². The third-order valence-corrected chi connectivity index (χ3v) is 3.06. The van der Waals surface area contributed by atoms with Crippen LogP contribution in [0.2, 0.25) is 0 Å². The van der Waals surface area contributed by atoms with Crippen molar-refractivity contribution < 1.29 is 13.9 Å². The predicted octanol–water partition coefficient (Wildman–Crippen LogP) is 3.54. The molecule has 0 aliphatic rings. The van der Waals surface area contributed by atoms with E-state index in [1.807, 2.05) is 13.8 Å². The summed E-state index contributed by atoms with van der Waals surface area (Å²) >= 11 is 0. The molecule has 1 unspecified atom stereocenters. The van der Waals surface area contributed by atoms with Crippen LogP contribution in [0, 0.1) is 11.7 Å². The Balaban J connectivity index is 2.79. The van der Waals surface area contributed by atoms with Crippen molar-refractivity contribution in [3.8, 4) is 5.75 Å². The lowest BCUT2D eigenvalue weighted by Crippen LogP contribution is -2.52. The minimum absolute atomic E-state index is 0.328. The van der Waals surface area contributed by atoms with Crippen molar-refractivity contribution in [3.05, 3.63) is 30.1 Å². The van der Waals surface area contributed by atoms with Crippen molar-refractivity contribution in [2.24, 2.45) is 5.92 Å². The highest BCUT2D eigenvalue weighted by atomic mass is 19.1. The fraction of sp³-hybridized carbons (Fsp3) is 0.562. The molecule has 1 aromatic rings. The number of rotatable bonds is 7. The average Bonchev–Trinajstić information content (AvgIpc) is 2.38. The molecule has 0 spiro atoms. The Morgan fingerprint density at radius 1 is 1.35 bits per heavy atom. The van der Waals surface area contributed by atoms with Gasteiger partial charge in [0.05, 0.1) is 0 Å². The third kappa shape index (κ3) is 4.93.